The molecule has 1 aliphatic rings. The molecule has 3 unspecified atom stereocenters. The third-order valence-corrected chi connectivity index (χ3v) is 19.6. The van der Waals surface area contributed by atoms with Crippen molar-refractivity contribution in [3.63, 3.8) is 0 Å². The molecular weight excluding hydrogens is 853 g/mol. The molecule has 3 atom stereocenters. The lowest BCUT2D eigenvalue weighted by atomic mass is 9.62. The maximum Gasteiger partial charge on any atom is 0.0830 e. The van der Waals surface area contributed by atoms with Gasteiger partial charge in [-0.1, -0.05) is 265 Å². The summed E-state index contributed by atoms with van der Waals surface area (Å²) in [5.74, 6) is 9.73. The van der Waals surface area contributed by atoms with Crippen LogP contribution in [0.5, 0.6) is 0 Å². The second-order valence-corrected chi connectivity index (χ2v) is 25.4. The highest BCUT2D eigenvalue weighted by atomic mass is 32.2. The Hall–Kier alpha value is 1.10. The molecule has 1 aliphatic carbocycles. The predicted octanol–water partition coefficient (Wildman–Crippen LogP) is 21.3. The molecule has 0 saturated heterocycles. The SMILES string of the molecule is CCCCCCCCCCCCSCC1=CC(CCCCCCCCC)(CSCCCCCCCC)CC(CSCCCCCCCC)(CSCCCCCCCCCCCC)C1O. The number of thioether (sulfide) groups is 4. The van der Waals surface area contributed by atoms with Crippen LogP contribution in [-0.2, 0) is 0 Å². The first-order chi connectivity index (χ1) is 31.5. The maximum atomic E-state index is 12.9. The summed E-state index contributed by atoms with van der Waals surface area (Å²) < 4.78 is 0. The summed E-state index contributed by atoms with van der Waals surface area (Å²) in [5.41, 5.74) is 1.65. The van der Waals surface area contributed by atoms with Gasteiger partial charge in [0.15, 0.2) is 0 Å². The van der Waals surface area contributed by atoms with Crippen molar-refractivity contribution in [1.82, 2.24) is 0 Å². The van der Waals surface area contributed by atoms with Gasteiger partial charge >= 0.3 is 0 Å². The Morgan fingerprint density at radius 1 is 0.375 bits per heavy atom. The molecular formula is C59H116OS4. The number of hydrogen-bond acceptors (Lipinski definition) is 5. The monoisotopic (exact) mass is 969 g/mol. The van der Waals surface area contributed by atoms with Gasteiger partial charge in [0.2, 0.25) is 0 Å². The molecule has 1 N–H and O–H groups in total. The molecule has 0 heterocycles. The Balaban J connectivity index is 3.18. The zero-order chi connectivity index (χ0) is 46.3. The van der Waals surface area contributed by atoms with Crippen molar-refractivity contribution in [2.24, 2.45) is 10.8 Å². The Kier molecular flexibility index (Phi) is 47.1. The summed E-state index contributed by atoms with van der Waals surface area (Å²) in [7, 11) is 0. The van der Waals surface area contributed by atoms with Crippen LogP contribution >= 0.6 is 47.0 Å². The highest BCUT2D eigenvalue weighted by Gasteiger charge is 2.49. The van der Waals surface area contributed by atoms with Crippen molar-refractivity contribution in [2.45, 2.75) is 304 Å². The van der Waals surface area contributed by atoms with Crippen molar-refractivity contribution in [3.8, 4) is 0 Å². The van der Waals surface area contributed by atoms with Crippen LogP contribution in [0, 0.1) is 10.8 Å². The lowest BCUT2D eigenvalue weighted by Crippen LogP contribution is -2.50. The Labute approximate surface area is 421 Å². The van der Waals surface area contributed by atoms with E-state index in [9.17, 15) is 5.11 Å². The molecule has 0 radical (unpaired) electrons. The molecule has 0 saturated carbocycles. The second kappa shape index (κ2) is 47.8. The average molecular weight is 970 g/mol. The van der Waals surface area contributed by atoms with Crippen LogP contribution in [-0.4, -0.2) is 57.2 Å². The third-order valence-electron chi connectivity index (χ3n) is 14.4. The number of aliphatic hydroxyl groups excluding tert-OH is 1. The molecule has 0 aromatic heterocycles. The molecule has 0 spiro atoms. The normalized spacial score (nSPS) is 18.9. The van der Waals surface area contributed by atoms with Crippen molar-refractivity contribution in [3.05, 3.63) is 11.6 Å². The first-order valence-corrected chi connectivity index (χ1v) is 33.9. The van der Waals surface area contributed by atoms with Gasteiger partial charge in [-0.2, -0.15) is 47.0 Å². The molecule has 382 valence electrons. The molecule has 0 aromatic rings. The lowest BCUT2D eigenvalue weighted by molar-refractivity contribution is 0.0401. The minimum Gasteiger partial charge on any atom is -0.388 e. The van der Waals surface area contributed by atoms with E-state index in [0.29, 0.717) is 0 Å². The molecule has 0 aromatic carbocycles. The highest BCUT2D eigenvalue weighted by Crippen LogP contribution is 2.53. The van der Waals surface area contributed by atoms with E-state index < -0.39 is 0 Å². The van der Waals surface area contributed by atoms with Gasteiger partial charge in [0.1, 0.15) is 0 Å². The Morgan fingerprint density at radius 3 is 1.00 bits per heavy atom. The standard InChI is InChI=1S/C59H116OS4/c1-6-11-16-21-26-28-30-33-38-41-46-61-51-56-50-58(45-40-35-32-23-18-13-8-3,53-62-47-42-36-24-19-14-9-4)52-59(57(56)60,54-63-48-43-37-25-20-15-10-5)55-64-49-44-39-34-31-29-27-22-17-12-7-2/h50,57,60H,6-49,51-55H2,1-5H3. The minimum absolute atomic E-state index is 0.0142. The molecule has 0 bridgehead atoms. The smallest absolute Gasteiger partial charge is 0.0830 e. The van der Waals surface area contributed by atoms with E-state index in [4.69, 9.17) is 0 Å². The summed E-state index contributed by atoms with van der Waals surface area (Å²) in [6, 6.07) is 0. The molecule has 5 heteroatoms. The van der Waals surface area contributed by atoms with Crippen LogP contribution in [0.25, 0.3) is 0 Å². The fourth-order valence-electron chi connectivity index (χ4n) is 10.3. The van der Waals surface area contributed by atoms with E-state index >= 15 is 0 Å². The zero-order valence-corrected chi connectivity index (χ0v) is 47.6. The summed E-state index contributed by atoms with van der Waals surface area (Å²) in [4.78, 5) is 0. The van der Waals surface area contributed by atoms with E-state index in [-0.39, 0.29) is 16.9 Å². The van der Waals surface area contributed by atoms with Crippen LogP contribution in [0.2, 0.25) is 0 Å². The van der Waals surface area contributed by atoms with Crippen molar-refractivity contribution in [2.75, 3.05) is 46.0 Å². The van der Waals surface area contributed by atoms with E-state index in [1.807, 2.05) is 0 Å². The largest absolute Gasteiger partial charge is 0.388 e. The van der Waals surface area contributed by atoms with Crippen LogP contribution in [0.1, 0.15) is 298 Å². The number of rotatable bonds is 52. The number of aliphatic hydroxyl groups is 1. The highest BCUT2D eigenvalue weighted by molar-refractivity contribution is 8.00. The lowest BCUT2D eigenvalue weighted by Gasteiger charge is -2.50. The average Bonchev–Trinajstić information content (AvgIpc) is 3.30. The van der Waals surface area contributed by atoms with Gasteiger partial charge in [-0.15, -0.1) is 0 Å². The number of allylic oxidation sites excluding steroid dienone is 1. The van der Waals surface area contributed by atoms with E-state index in [1.165, 1.54) is 298 Å². The Morgan fingerprint density at radius 2 is 0.656 bits per heavy atom. The number of hydrogen-bond donors (Lipinski definition) is 1. The summed E-state index contributed by atoms with van der Waals surface area (Å²) in [5, 5.41) is 12.9. The maximum absolute atomic E-state index is 12.9. The fraction of sp³-hybridized carbons (Fsp3) is 0.966. The molecule has 0 amide bonds. The first kappa shape index (κ1) is 63.1. The van der Waals surface area contributed by atoms with Crippen molar-refractivity contribution >= 4 is 47.0 Å². The third kappa shape index (κ3) is 35.2. The zero-order valence-electron chi connectivity index (χ0n) is 44.4. The van der Waals surface area contributed by atoms with Gasteiger partial charge in [-0.05, 0) is 72.5 Å². The quantitative estimate of drug-likeness (QED) is 0.0483. The van der Waals surface area contributed by atoms with E-state index in [1.54, 1.807) is 0 Å². The molecule has 64 heavy (non-hydrogen) atoms. The van der Waals surface area contributed by atoms with E-state index in [2.05, 4.69) is 87.7 Å². The number of unbranched alkanes of at least 4 members (excludes halogenated alkanes) is 34. The molecule has 1 rings (SSSR count). The fourth-order valence-corrected chi connectivity index (χ4v) is 15.4. The van der Waals surface area contributed by atoms with Gasteiger partial charge in [0.05, 0.1) is 6.10 Å². The summed E-state index contributed by atoms with van der Waals surface area (Å²) >= 11 is 8.91. The Bertz CT molecular complexity index is 973. The van der Waals surface area contributed by atoms with Gasteiger partial charge in [0.25, 0.3) is 0 Å². The van der Waals surface area contributed by atoms with Crippen molar-refractivity contribution < 1.29 is 5.11 Å². The minimum atomic E-state index is -0.282. The summed E-state index contributed by atoms with van der Waals surface area (Å²) in [6.07, 6.45) is 59.5. The van der Waals surface area contributed by atoms with Crippen molar-refractivity contribution in [1.29, 1.82) is 0 Å². The summed E-state index contributed by atoms with van der Waals surface area (Å²) in [6.45, 7) is 11.7. The second-order valence-electron chi connectivity index (χ2n) is 21.0. The van der Waals surface area contributed by atoms with Gasteiger partial charge in [-0.3, -0.25) is 0 Å². The van der Waals surface area contributed by atoms with Crippen LogP contribution in [0.4, 0.5) is 0 Å². The molecule has 0 fully saturated rings. The molecule has 1 nitrogen and oxygen atoms in total. The van der Waals surface area contributed by atoms with Crippen LogP contribution in [0.3, 0.4) is 0 Å². The van der Waals surface area contributed by atoms with Crippen LogP contribution in [0.15, 0.2) is 11.6 Å². The first-order valence-electron chi connectivity index (χ1n) is 29.2. The topological polar surface area (TPSA) is 20.2 Å². The van der Waals surface area contributed by atoms with Crippen LogP contribution < -0.4 is 0 Å². The van der Waals surface area contributed by atoms with Gasteiger partial charge < -0.3 is 5.11 Å². The van der Waals surface area contributed by atoms with Gasteiger partial charge in [-0.25, -0.2) is 0 Å². The predicted molar refractivity (Wildman–Crippen MR) is 306 cm³/mol. The molecule has 0 aliphatic heterocycles. The van der Waals surface area contributed by atoms with E-state index in [0.717, 1.165) is 17.3 Å². The van der Waals surface area contributed by atoms with Gasteiger partial charge in [0, 0.05) is 28.4 Å².